The standard InChI is InChI=1S/C32H34FN3O3S/c1-3-28(23-11-6-4-7-12-23)34-32(37)29-25-15-10-16-27(33)31(25)35-30(24-13-8-5-9-14-24)26(29)21-22-17-19-36(20-18-22)40(2,38)39/h4-16,22,28H,3,17-21H2,1-2H3,(H,34,37)/t28-/m0/s1. The third kappa shape index (κ3) is 5.93. The van der Waals surface area contributed by atoms with Crippen LogP contribution in [0.4, 0.5) is 4.39 Å². The summed E-state index contributed by atoms with van der Waals surface area (Å²) in [5, 5.41) is 3.69. The van der Waals surface area contributed by atoms with Crippen molar-refractivity contribution in [2.24, 2.45) is 5.92 Å². The van der Waals surface area contributed by atoms with E-state index in [1.54, 1.807) is 12.1 Å². The van der Waals surface area contributed by atoms with Crippen molar-refractivity contribution in [1.82, 2.24) is 14.6 Å². The summed E-state index contributed by atoms with van der Waals surface area (Å²) in [6, 6.07) is 23.9. The van der Waals surface area contributed by atoms with E-state index in [1.807, 2.05) is 67.6 Å². The van der Waals surface area contributed by atoms with Crippen LogP contribution in [0.1, 0.15) is 53.7 Å². The number of para-hydroxylation sites is 1. The van der Waals surface area contributed by atoms with Crippen molar-refractivity contribution >= 4 is 26.8 Å². The quantitative estimate of drug-likeness (QED) is 0.281. The lowest BCUT2D eigenvalue weighted by atomic mass is 9.85. The van der Waals surface area contributed by atoms with Gasteiger partial charge in [0.2, 0.25) is 10.0 Å². The molecule has 2 heterocycles. The number of benzene rings is 3. The summed E-state index contributed by atoms with van der Waals surface area (Å²) in [7, 11) is -3.26. The van der Waals surface area contributed by atoms with Gasteiger partial charge in [-0.15, -0.1) is 0 Å². The predicted molar refractivity (Wildman–Crippen MR) is 157 cm³/mol. The van der Waals surface area contributed by atoms with E-state index in [4.69, 9.17) is 4.98 Å². The zero-order chi connectivity index (χ0) is 28.3. The highest BCUT2D eigenvalue weighted by Gasteiger charge is 2.30. The van der Waals surface area contributed by atoms with Crippen LogP contribution in [0.5, 0.6) is 0 Å². The SMILES string of the molecule is CC[C@H](NC(=O)c1c(CC2CCN(S(C)(=O)=O)CC2)c(-c2ccccc2)nc2c(F)cccc12)c1ccccc1. The molecule has 0 aliphatic carbocycles. The first-order valence-corrected chi connectivity index (χ1v) is 15.6. The Bertz CT molecular complexity index is 1600. The van der Waals surface area contributed by atoms with Gasteiger partial charge in [-0.1, -0.05) is 79.7 Å². The van der Waals surface area contributed by atoms with Crippen molar-refractivity contribution < 1.29 is 17.6 Å². The van der Waals surface area contributed by atoms with Gasteiger partial charge in [-0.3, -0.25) is 4.79 Å². The molecule has 1 amide bonds. The van der Waals surface area contributed by atoms with Crippen LogP contribution in [0.25, 0.3) is 22.2 Å². The highest BCUT2D eigenvalue weighted by molar-refractivity contribution is 7.88. The third-order valence-corrected chi connectivity index (χ3v) is 9.10. The van der Waals surface area contributed by atoms with Gasteiger partial charge in [-0.2, -0.15) is 0 Å². The molecule has 1 aliphatic rings. The molecule has 0 spiro atoms. The number of carbonyl (C=O) groups is 1. The van der Waals surface area contributed by atoms with Crippen molar-refractivity contribution in [2.45, 2.75) is 38.6 Å². The summed E-state index contributed by atoms with van der Waals surface area (Å²) in [6.45, 7) is 2.90. The minimum atomic E-state index is -3.26. The zero-order valence-corrected chi connectivity index (χ0v) is 23.6. The molecule has 1 saturated heterocycles. The largest absolute Gasteiger partial charge is 0.345 e. The number of carbonyl (C=O) groups excluding carboxylic acids is 1. The molecule has 0 bridgehead atoms. The molecule has 40 heavy (non-hydrogen) atoms. The van der Waals surface area contributed by atoms with E-state index in [1.165, 1.54) is 16.6 Å². The first kappa shape index (κ1) is 27.9. The van der Waals surface area contributed by atoms with Gasteiger partial charge in [0.1, 0.15) is 11.3 Å². The van der Waals surface area contributed by atoms with Gasteiger partial charge < -0.3 is 5.32 Å². The normalized spacial score (nSPS) is 15.7. The maximum Gasteiger partial charge on any atom is 0.252 e. The maximum absolute atomic E-state index is 15.2. The van der Waals surface area contributed by atoms with Gasteiger partial charge in [0.25, 0.3) is 5.91 Å². The third-order valence-electron chi connectivity index (χ3n) is 7.79. The molecule has 1 aliphatic heterocycles. The first-order valence-electron chi connectivity index (χ1n) is 13.7. The molecule has 0 unspecified atom stereocenters. The zero-order valence-electron chi connectivity index (χ0n) is 22.8. The number of amides is 1. The lowest BCUT2D eigenvalue weighted by molar-refractivity contribution is 0.0936. The summed E-state index contributed by atoms with van der Waals surface area (Å²) in [5.41, 5.74) is 3.75. The Morgan fingerprint density at radius 3 is 2.27 bits per heavy atom. The van der Waals surface area contributed by atoms with Crippen molar-refractivity contribution in [2.75, 3.05) is 19.3 Å². The molecule has 1 atom stereocenters. The molecule has 6 nitrogen and oxygen atoms in total. The van der Waals surface area contributed by atoms with Crippen LogP contribution in [-0.2, 0) is 16.4 Å². The molecule has 208 valence electrons. The number of halogens is 1. The van der Waals surface area contributed by atoms with E-state index in [2.05, 4.69) is 5.32 Å². The van der Waals surface area contributed by atoms with Crippen molar-refractivity contribution in [3.8, 4) is 11.3 Å². The molecule has 5 rings (SSSR count). The van der Waals surface area contributed by atoms with E-state index in [9.17, 15) is 13.2 Å². The first-order chi connectivity index (χ1) is 19.3. The smallest absolute Gasteiger partial charge is 0.252 e. The number of hydrogen-bond donors (Lipinski definition) is 1. The van der Waals surface area contributed by atoms with Gasteiger partial charge in [-0.05, 0) is 48.8 Å². The summed E-state index contributed by atoms with van der Waals surface area (Å²) in [6.07, 6.45) is 3.81. The van der Waals surface area contributed by atoms with Crippen molar-refractivity contribution in [3.05, 3.63) is 101 Å². The van der Waals surface area contributed by atoms with E-state index in [0.717, 1.165) is 16.7 Å². The molecule has 3 aromatic carbocycles. The summed E-state index contributed by atoms with van der Waals surface area (Å²) in [4.78, 5) is 19.0. The fraction of sp³-hybridized carbons (Fsp3) is 0.312. The van der Waals surface area contributed by atoms with E-state index in [-0.39, 0.29) is 23.4 Å². The fourth-order valence-corrected chi connectivity index (χ4v) is 6.53. The van der Waals surface area contributed by atoms with E-state index in [0.29, 0.717) is 55.4 Å². The van der Waals surface area contributed by atoms with Crippen LogP contribution in [0.3, 0.4) is 0 Å². The van der Waals surface area contributed by atoms with Crippen molar-refractivity contribution in [3.63, 3.8) is 0 Å². The van der Waals surface area contributed by atoms with Gasteiger partial charge >= 0.3 is 0 Å². The Labute approximate surface area is 235 Å². The fourth-order valence-electron chi connectivity index (χ4n) is 5.65. The second kappa shape index (κ2) is 11.9. The van der Waals surface area contributed by atoms with Crippen LogP contribution < -0.4 is 5.32 Å². The number of fused-ring (bicyclic) bond motifs is 1. The number of sulfonamides is 1. The summed E-state index contributed by atoms with van der Waals surface area (Å²) in [5.74, 6) is -0.600. The van der Waals surface area contributed by atoms with Gasteiger partial charge in [-0.25, -0.2) is 22.1 Å². The maximum atomic E-state index is 15.2. The van der Waals surface area contributed by atoms with Gasteiger partial charge in [0, 0.05) is 24.0 Å². The van der Waals surface area contributed by atoms with Gasteiger partial charge in [0.05, 0.1) is 23.6 Å². The van der Waals surface area contributed by atoms with Crippen LogP contribution in [0.15, 0.2) is 78.9 Å². The van der Waals surface area contributed by atoms with Crippen LogP contribution >= 0.6 is 0 Å². The van der Waals surface area contributed by atoms with Crippen LogP contribution in [0.2, 0.25) is 0 Å². The van der Waals surface area contributed by atoms with Crippen molar-refractivity contribution in [1.29, 1.82) is 0 Å². The van der Waals surface area contributed by atoms with Crippen LogP contribution in [0, 0.1) is 11.7 Å². The van der Waals surface area contributed by atoms with E-state index < -0.39 is 15.8 Å². The highest BCUT2D eigenvalue weighted by atomic mass is 32.2. The van der Waals surface area contributed by atoms with Gasteiger partial charge in [0.15, 0.2) is 0 Å². The molecule has 0 radical (unpaired) electrons. The monoisotopic (exact) mass is 559 g/mol. The number of rotatable bonds is 8. The number of aromatic nitrogens is 1. The number of nitrogens with one attached hydrogen (secondary N) is 1. The second-order valence-electron chi connectivity index (χ2n) is 10.5. The molecule has 1 N–H and O–H groups in total. The number of pyridine rings is 1. The molecule has 1 aromatic heterocycles. The molecule has 8 heteroatoms. The summed E-state index contributed by atoms with van der Waals surface area (Å²) < 4.78 is 40.9. The number of hydrogen-bond acceptors (Lipinski definition) is 4. The Hall–Kier alpha value is -3.62. The summed E-state index contributed by atoms with van der Waals surface area (Å²) >= 11 is 0. The number of nitrogens with zero attached hydrogens (tertiary/aromatic N) is 2. The highest BCUT2D eigenvalue weighted by Crippen LogP contribution is 2.35. The molecule has 1 fully saturated rings. The molecular formula is C32H34FN3O3S. The predicted octanol–water partition coefficient (Wildman–Crippen LogP) is 6.14. The average Bonchev–Trinajstić information content (AvgIpc) is 2.96. The lowest BCUT2D eigenvalue weighted by Crippen LogP contribution is -2.38. The topological polar surface area (TPSA) is 79.4 Å². The molecule has 0 saturated carbocycles. The lowest BCUT2D eigenvalue weighted by Gasteiger charge is -2.31. The second-order valence-corrected chi connectivity index (χ2v) is 12.5. The van der Waals surface area contributed by atoms with Crippen LogP contribution in [-0.4, -0.2) is 43.0 Å². The Morgan fingerprint density at radius 2 is 1.65 bits per heavy atom. The Morgan fingerprint density at radius 1 is 1.00 bits per heavy atom. The van der Waals surface area contributed by atoms with E-state index >= 15 is 4.39 Å². The Balaban J connectivity index is 1.63. The minimum Gasteiger partial charge on any atom is -0.345 e. The Kier molecular flexibility index (Phi) is 8.28. The number of piperidine rings is 1. The molecule has 4 aromatic rings. The average molecular weight is 560 g/mol. The minimum absolute atomic E-state index is 0.149. The molecular weight excluding hydrogens is 525 g/mol.